The fraction of sp³-hybridized carbons (Fsp3) is 0.400. The average Bonchev–Trinajstić information content (AvgIpc) is 2.25. The SMILES string of the molecule is C=C(C)C(=O)OCCO.C=C(C)C(=O)OO. The van der Waals surface area contributed by atoms with Gasteiger partial charge in [-0.3, -0.25) is 4.89 Å². The summed E-state index contributed by atoms with van der Waals surface area (Å²) in [5.41, 5.74) is 0.533. The van der Waals surface area contributed by atoms with E-state index in [4.69, 9.17) is 10.4 Å². The van der Waals surface area contributed by atoms with E-state index >= 15 is 0 Å². The lowest BCUT2D eigenvalue weighted by atomic mass is 10.4. The summed E-state index contributed by atoms with van der Waals surface area (Å²) in [5, 5.41) is 15.8. The molecule has 0 aromatic heterocycles. The van der Waals surface area contributed by atoms with Crippen LogP contribution in [0.15, 0.2) is 24.3 Å². The topological polar surface area (TPSA) is 93.1 Å². The third-order valence-electron chi connectivity index (χ3n) is 1.10. The van der Waals surface area contributed by atoms with Crippen molar-refractivity contribution in [3.8, 4) is 0 Å². The number of ether oxygens (including phenoxy) is 1. The second kappa shape index (κ2) is 9.88. The number of hydrogen-bond acceptors (Lipinski definition) is 6. The van der Waals surface area contributed by atoms with Gasteiger partial charge in [0.2, 0.25) is 0 Å². The molecule has 0 unspecified atom stereocenters. The van der Waals surface area contributed by atoms with Crippen LogP contribution in [-0.2, 0) is 19.2 Å². The molecule has 0 aliphatic carbocycles. The van der Waals surface area contributed by atoms with Gasteiger partial charge in [0.1, 0.15) is 6.61 Å². The van der Waals surface area contributed by atoms with Crippen LogP contribution in [-0.4, -0.2) is 35.5 Å². The number of hydrogen-bond donors (Lipinski definition) is 2. The Balaban J connectivity index is 0. The van der Waals surface area contributed by atoms with Gasteiger partial charge in [-0.25, -0.2) is 9.59 Å². The quantitative estimate of drug-likeness (QED) is 0.320. The Morgan fingerprint density at radius 2 is 1.56 bits per heavy atom. The maximum atomic E-state index is 10.5. The van der Waals surface area contributed by atoms with Gasteiger partial charge in [0.15, 0.2) is 0 Å². The molecule has 0 saturated heterocycles. The van der Waals surface area contributed by atoms with Gasteiger partial charge in [0, 0.05) is 11.1 Å². The van der Waals surface area contributed by atoms with Crippen molar-refractivity contribution in [3.63, 3.8) is 0 Å². The van der Waals surface area contributed by atoms with Crippen LogP contribution >= 0.6 is 0 Å². The van der Waals surface area contributed by atoms with Gasteiger partial charge in [-0.05, 0) is 13.8 Å². The van der Waals surface area contributed by atoms with Crippen molar-refractivity contribution in [2.24, 2.45) is 0 Å². The fourth-order valence-corrected chi connectivity index (χ4v) is 0.339. The highest BCUT2D eigenvalue weighted by Crippen LogP contribution is 1.90. The van der Waals surface area contributed by atoms with Gasteiger partial charge in [0.05, 0.1) is 6.61 Å². The average molecular weight is 232 g/mol. The standard InChI is InChI=1S/C6H10O3.C4H6O3/c1-5(2)6(8)9-4-3-7;1-3(2)4(5)7-6/h7H,1,3-4H2,2H3;6H,1H2,2H3. The number of aliphatic hydroxyl groups excluding tert-OH is 1. The van der Waals surface area contributed by atoms with E-state index in [2.05, 4.69) is 22.8 Å². The first kappa shape index (κ1) is 16.8. The van der Waals surface area contributed by atoms with Crippen LogP contribution in [0, 0.1) is 0 Å². The van der Waals surface area contributed by atoms with E-state index in [0.717, 1.165) is 0 Å². The Hall–Kier alpha value is -1.66. The highest BCUT2D eigenvalue weighted by molar-refractivity contribution is 5.87. The second-order valence-electron chi connectivity index (χ2n) is 2.80. The first-order valence-corrected chi connectivity index (χ1v) is 4.31. The Morgan fingerprint density at radius 3 is 1.75 bits per heavy atom. The van der Waals surface area contributed by atoms with Gasteiger partial charge < -0.3 is 9.84 Å². The highest BCUT2D eigenvalue weighted by atomic mass is 17.1. The lowest BCUT2D eigenvalue weighted by Crippen LogP contribution is -2.08. The summed E-state index contributed by atoms with van der Waals surface area (Å²) in [6.07, 6.45) is 0. The summed E-state index contributed by atoms with van der Waals surface area (Å²) >= 11 is 0. The molecule has 0 spiro atoms. The number of rotatable bonds is 4. The molecular weight excluding hydrogens is 216 g/mol. The zero-order valence-electron chi connectivity index (χ0n) is 9.36. The molecule has 0 atom stereocenters. The molecule has 0 aliphatic heterocycles. The van der Waals surface area contributed by atoms with Crippen LogP contribution in [0.2, 0.25) is 0 Å². The van der Waals surface area contributed by atoms with Crippen molar-refractivity contribution >= 4 is 11.9 Å². The summed E-state index contributed by atoms with van der Waals surface area (Å²) in [7, 11) is 0. The number of aliphatic hydroxyl groups is 1. The van der Waals surface area contributed by atoms with E-state index in [1.807, 2.05) is 0 Å². The molecule has 0 aromatic carbocycles. The van der Waals surface area contributed by atoms with E-state index in [1.54, 1.807) is 6.92 Å². The minimum atomic E-state index is -0.792. The third-order valence-corrected chi connectivity index (χ3v) is 1.10. The van der Waals surface area contributed by atoms with Gasteiger partial charge in [-0.2, -0.15) is 5.26 Å². The van der Waals surface area contributed by atoms with Crippen molar-refractivity contribution in [1.82, 2.24) is 0 Å². The van der Waals surface area contributed by atoms with E-state index in [-0.39, 0.29) is 18.8 Å². The molecule has 92 valence electrons. The van der Waals surface area contributed by atoms with Crippen LogP contribution in [0.3, 0.4) is 0 Å². The minimum absolute atomic E-state index is 0.0473. The van der Waals surface area contributed by atoms with E-state index in [1.165, 1.54) is 6.92 Å². The molecule has 0 radical (unpaired) electrons. The Morgan fingerprint density at radius 1 is 1.12 bits per heavy atom. The molecule has 0 fully saturated rings. The summed E-state index contributed by atoms with van der Waals surface area (Å²) in [6, 6.07) is 0. The summed E-state index contributed by atoms with van der Waals surface area (Å²) in [5.74, 6) is -1.25. The van der Waals surface area contributed by atoms with Crippen molar-refractivity contribution in [1.29, 1.82) is 0 Å². The summed E-state index contributed by atoms with van der Waals surface area (Å²) in [4.78, 5) is 23.7. The van der Waals surface area contributed by atoms with Crippen LogP contribution in [0.1, 0.15) is 13.8 Å². The highest BCUT2D eigenvalue weighted by Gasteiger charge is 2.00. The maximum absolute atomic E-state index is 10.5. The predicted molar refractivity (Wildman–Crippen MR) is 56.4 cm³/mol. The first-order valence-electron chi connectivity index (χ1n) is 4.31. The molecule has 2 N–H and O–H groups in total. The zero-order valence-corrected chi connectivity index (χ0v) is 9.36. The zero-order chi connectivity index (χ0) is 13.1. The summed E-state index contributed by atoms with van der Waals surface area (Å²) < 4.78 is 4.46. The largest absolute Gasteiger partial charge is 0.460 e. The minimum Gasteiger partial charge on any atom is -0.460 e. The van der Waals surface area contributed by atoms with Crippen molar-refractivity contribution in [2.75, 3.05) is 13.2 Å². The van der Waals surface area contributed by atoms with Crippen LogP contribution in [0.25, 0.3) is 0 Å². The first-order chi connectivity index (χ1) is 7.36. The number of esters is 1. The molecule has 0 bridgehead atoms. The Kier molecular flexibility index (Phi) is 10.3. The van der Waals surface area contributed by atoms with E-state index in [9.17, 15) is 9.59 Å². The second-order valence-corrected chi connectivity index (χ2v) is 2.80. The van der Waals surface area contributed by atoms with Crippen molar-refractivity contribution in [3.05, 3.63) is 24.3 Å². The lowest BCUT2D eigenvalue weighted by molar-refractivity contribution is -0.229. The fourth-order valence-electron chi connectivity index (χ4n) is 0.339. The van der Waals surface area contributed by atoms with Crippen LogP contribution in [0.4, 0.5) is 0 Å². The Bertz CT molecular complexity index is 268. The molecular formula is C10H16O6. The molecule has 0 heterocycles. The van der Waals surface area contributed by atoms with Gasteiger partial charge in [-0.15, -0.1) is 0 Å². The van der Waals surface area contributed by atoms with E-state index < -0.39 is 11.9 Å². The normalized spacial score (nSPS) is 8.25. The molecule has 0 saturated carbocycles. The lowest BCUT2D eigenvalue weighted by Gasteiger charge is -1.99. The smallest absolute Gasteiger partial charge is 0.367 e. The third kappa shape index (κ3) is 10.4. The van der Waals surface area contributed by atoms with Gasteiger partial charge >= 0.3 is 11.9 Å². The Labute approximate surface area is 93.7 Å². The monoisotopic (exact) mass is 232 g/mol. The summed E-state index contributed by atoms with van der Waals surface area (Å²) in [6.45, 7) is 9.45. The number of carbonyl (C=O) groups excluding carboxylic acids is 2. The maximum Gasteiger partial charge on any atom is 0.367 e. The molecule has 0 rings (SSSR count). The molecule has 0 amide bonds. The number of carbonyl (C=O) groups is 2. The van der Waals surface area contributed by atoms with E-state index in [0.29, 0.717) is 5.57 Å². The predicted octanol–water partition coefficient (Wildman–Crippen LogP) is 0.677. The molecule has 0 aliphatic rings. The molecule has 6 heteroatoms. The van der Waals surface area contributed by atoms with Gasteiger partial charge in [0.25, 0.3) is 0 Å². The molecule has 16 heavy (non-hydrogen) atoms. The van der Waals surface area contributed by atoms with Crippen molar-refractivity contribution in [2.45, 2.75) is 13.8 Å². The molecule has 0 aromatic rings. The van der Waals surface area contributed by atoms with Crippen LogP contribution < -0.4 is 0 Å². The van der Waals surface area contributed by atoms with Gasteiger partial charge in [-0.1, -0.05) is 13.2 Å². The molecule has 6 nitrogen and oxygen atoms in total. The van der Waals surface area contributed by atoms with Crippen molar-refractivity contribution < 1.29 is 29.6 Å². The van der Waals surface area contributed by atoms with Crippen LogP contribution in [0.5, 0.6) is 0 Å².